The molecule has 0 heterocycles. The number of aliphatic hydroxyl groups is 1. The molecule has 2 N–H and O–H groups in total. The molecule has 0 fully saturated rings. The monoisotopic (exact) mass is 564 g/mol. The average Bonchev–Trinajstić information content (AvgIpc) is 2.91. The van der Waals surface area contributed by atoms with Crippen LogP contribution in [0.4, 0.5) is 0 Å². The third kappa shape index (κ3) is 18.8. The van der Waals surface area contributed by atoms with Crippen LogP contribution in [0.2, 0.25) is 0 Å². The molecule has 1 amide bonds. The van der Waals surface area contributed by atoms with Gasteiger partial charge in [0.05, 0.1) is 12.7 Å². The molecule has 0 saturated carbocycles. The summed E-state index contributed by atoms with van der Waals surface area (Å²) >= 11 is 0. The maximum Gasteiger partial charge on any atom is 0.328 e. The second-order valence-electron chi connectivity index (χ2n) is 9.45. The Morgan fingerprint density at radius 1 is 1.15 bits per heavy atom. The van der Waals surface area contributed by atoms with Crippen LogP contribution >= 0.6 is 0 Å². The largest absolute Gasteiger partial charge is 0.493 e. The Kier molecular flexibility index (Phi) is 20.5. The van der Waals surface area contributed by atoms with E-state index in [1.807, 2.05) is 44.2 Å². The first-order valence-corrected chi connectivity index (χ1v) is 14.0. The summed E-state index contributed by atoms with van der Waals surface area (Å²) in [6.07, 6.45) is 11.5. The van der Waals surface area contributed by atoms with E-state index in [0.29, 0.717) is 19.4 Å². The van der Waals surface area contributed by atoms with E-state index in [1.165, 1.54) is 19.4 Å². The number of nitrogens with one attached hydrogen (secondary N) is 1. The number of allylic oxidation sites excluding steroid dienone is 2. The Bertz CT molecular complexity index is 919. The number of aryl methyl sites for hydroxylation is 1. The number of unbranched alkanes of at least 4 members (excludes halogenated alkanes) is 1. The number of carbonyl (C=O) groups excluding carboxylic acids is 2. The van der Waals surface area contributed by atoms with E-state index in [1.54, 1.807) is 0 Å². The molecule has 1 aromatic carbocycles. The Balaban J connectivity index is 0.000000763. The molecule has 10 nitrogen and oxygen atoms in total. The van der Waals surface area contributed by atoms with E-state index in [9.17, 15) is 24.8 Å². The summed E-state index contributed by atoms with van der Waals surface area (Å²) in [5.74, 6) is 0.298. The number of ether oxygens (including phenoxy) is 2. The first-order valence-electron chi connectivity index (χ1n) is 14.0. The topological polar surface area (TPSA) is 137 Å². The number of carbonyl (C=O) groups is 2. The van der Waals surface area contributed by atoms with Crippen LogP contribution in [-0.2, 0) is 19.2 Å². The highest BCUT2D eigenvalue weighted by Gasteiger charge is 2.18. The molecular weight excluding hydrogens is 516 g/mol. The summed E-state index contributed by atoms with van der Waals surface area (Å²) < 4.78 is 10.5. The van der Waals surface area contributed by atoms with E-state index < -0.39 is 23.2 Å². The van der Waals surface area contributed by atoms with Gasteiger partial charge in [-0.3, -0.25) is 4.79 Å². The predicted octanol–water partition coefficient (Wildman–Crippen LogP) is 5.49. The van der Waals surface area contributed by atoms with Gasteiger partial charge < -0.3 is 24.7 Å². The molecule has 0 spiro atoms. The summed E-state index contributed by atoms with van der Waals surface area (Å²) in [6.45, 7) is 11.4. The van der Waals surface area contributed by atoms with Crippen LogP contribution in [0.5, 0.6) is 5.75 Å². The molecule has 0 aliphatic heterocycles. The van der Waals surface area contributed by atoms with Crippen molar-refractivity contribution < 1.29 is 34.1 Å². The van der Waals surface area contributed by atoms with E-state index in [2.05, 4.69) is 42.2 Å². The van der Waals surface area contributed by atoms with Crippen molar-refractivity contribution in [2.75, 3.05) is 13.2 Å². The molecule has 10 heteroatoms. The van der Waals surface area contributed by atoms with Crippen LogP contribution < -0.4 is 10.1 Å². The van der Waals surface area contributed by atoms with E-state index in [-0.39, 0.29) is 24.5 Å². The minimum Gasteiger partial charge on any atom is -0.493 e. The highest BCUT2D eigenvalue weighted by molar-refractivity contribution is 5.84. The fourth-order valence-electron chi connectivity index (χ4n) is 3.48. The lowest BCUT2D eigenvalue weighted by Crippen LogP contribution is -2.40. The number of aliphatic hydroxyl groups excluding tert-OH is 1. The predicted molar refractivity (Wildman–Crippen MR) is 155 cm³/mol. The van der Waals surface area contributed by atoms with Gasteiger partial charge in [0.15, 0.2) is 0 Å². The molecule has 0 aromatic heterocycles. The lowest BCUT2D eigenvalue weighted by molar-refractivity contribution is -0.767. The first-order chi connectivity index (χ1) is 19.0. The van der Waals surface area contributed by atoms with Crippen LogP contribution in [0.1, 0.15) is 78.7 Å². The van der Waals surface area contributed by atoms with Crippen molar-refractivity contribution in [2.24, 2.45) is 5.92 Å². The van der Waals surface area contributed by atoms with Gasteiger partial charge in [0.1, 0.15) is 24.5 Å². The zero-order valence-electron chi connectivity index (χ0n) is 24.8. The lowest BCUT2D eigenvalue weighted by Gasteiger charge is -2.16. The summed E-state index contributed by atoms with van der Waals surface area (Å²) in [5.41, 5.74) is 1.21. The van der Waals surface area contributed by atoms with Gasteiger partial charge in [-0.2, -0.15) is 0 Å². The smallest absolute Gasteiger partial charge is 0.328 e. The molecule has 0 saturated heterocycles. The van der Waals surface area contributed by atoms with Crippen LogP contribution in [0, 0.1) is 23.0 Å². The molecule has 226 valence electrons. The van der Waals surface area contributed by atoms with Gasteiger partial charge in [0.2, 0.25) is 5.91 Å². The van der Waals surface area contributed by atoms with Gasteiger partial charge in [0, 0.05) is 12.3 Å². The van der Waals surface area contributed by atoms with Gasteiger partial charge in [-0.15, -0.1) is 10.1 Å². The Morgan fingerprint density at radius 3 is 2.48 bits per heavy atom. The van der Waals surface area contributed by atoms with Gasteiger partial charge >= 0.3 is 5.97 Å². The third-order valence-electron chi connectivity index (χ3n) is 5.78. The number of amides is 1. The summed E-state index contributed by atoms with van der Waals surface area (Å²) in [6, 6.07) is 7.28. The zero-order valence-corrected chi connectivity index (χ0v) is 24.8. The minimum atomic E-state index is -0.950. The van der Waals surface area contributed by atoms with Gasteiger partial charge in [-0.05, 0) is 77.5 Å². The van der Waals surface area contributed by atoms with Crippen molar-refractivity contribution >= 4 is 11.9 Å². The SMILES string of the molecule is C/C=C\CCCC(=O)NC(C)C(=O)OCC(C)O[N+](=O)[O-].CCC(O)C(/C=C/CCOc1cccc(C)c1)CC. The number of benzene rings is 1. The van der Waals surface area contributed by atoms with Crippen molar-refractivity contribution in [1.29, 1.82) is 0 Å². The standard InChI is InChI=1S/C17H26O2.C13H22N2O6/c1-4-15(17(18)5-2)10-6-7-12-19-16-11-8-9-14(3)13-16;1-4-5-6-7-8-12(16)14-11(3)13(17)20-9-10(2)21-15(18)19/h6,8-11,13,15,17-18H,4-5,7,12H2,1-3H3;4-5,10-11H,6-9H2,1-3H3,(H,14,16)/b10-6+;5-4-. The number of hydrogen-bond donors (Lipinski definition) is 2. The highest BCUT2D eigenvalue weighted by atomic mass is 17.0. The number of nitrogens with zero attached hydrogens (tertiary/aromatic N) is 1. The van der Waals surface area contributed by atoms with Gasteiger partial charge in [-0.1, -0.05) is 50.3 Å². The maximum atomic E-state index is 11.6. The second kappa shape index (κ2) is 22.4. The fourth-order valence-corrected chi connectivity index (χ4v) is 3.48. The Morgan fingerprint density at radius 2 is 1.88 bits per heavy atom. The summed E-state index contributed by atoms with van der Waals surface area (Å²) in [4.78, 5) is 37.4. The van der Waals surface area contributed by atoms with Crippen LogP contribution in [0.3, 0.4) is 0 Å². The molecule has 4 unspecified atom stereocenters. The van der Waals surface area contributed by atoms with Gasteiger partial charge in [0.25, 0.3) is 5.09 Å². The molecule has 0 aliphatic rings. The molecule has 0 bridgehead atoms. The third-order valence-corrected chi connectivity index (χ3v) is 5.78. The molecular formula is C30H48N2O8. The van der Waals surface area contributed by atoms with Crippen molar-refractivity contribution in [2.45, 2.75) is 98.3 Å². The van der Waals surface area contributed by atoms with Crippen molar-refractivity contribution in [1.82, 2.24) is 5.32 Å². The minimum absolute atomic E-state index is 0.223. The zero-order chi connectivity index (χ0) is 30.3. The van der Waals surface area contributed by atoms with E-state index >= 15 is 0 Å². The Hall–Kier alpha value is -3.40. The second-order valence-corrected chi connectivity index (χ2v) is 9.45. The highest BCUT2D eigenvalue weighted by Crippen LogP contribution is 2.15. The van der Waals surface area contributed by atoms with Crippen molar-refractivity contribution in [3.63, 3.8) is 0 Å². The van der Waals surface area contributed by atoms with Crippen LogP contribution in [0.15, 0.2) is 48.6 Å². The molecule has 0 radical (unpaired) electrons. The first kappa shape index (κ1) is 36.6. The van der Waals surface area contributed by atoms with Crippen molar-refractivity contribution in [3.05, 3.63) is 64.2 Å². The molecule has 0 aliphatic carbocycles. The molecule has 4 atom stereocenters. The fraction of sp³-hybridized carbons (Fsp3) is 0.600. The normalized spacial score (nSPS) is 14.0. The molecule has 1 aromatic rings. The van der Waals surface area contributed by atoms with Crippen LogP contribution in [0.25, 0.3) is 0 Å². The summed E-state index contributed by atoms with van der Waals surface area (Å²) in [7, 11) is 0. The van der Waals surface area contributed by atoms with Crippen LogP contribution in [-0.4, -0.2) is 53.5 Å². The average molecular weight is 565 g/mol. The number of hydrogen-bond acceptors (Lipinski definition) is 8. The van der Waals surface area contributed by atoms with Crippen molar-refractivity contribution in [3.8, 4) is 5.75 Å². The summed E-state index contributed by atoms with van der Waals surface area (Å²) in [5, 5.41) is 21.4. The number of esters is 1. The Labute approximate surface area is 238 Å². The number of rotatable bonds is 18. The molecule has 1 rings (SSSR count). The van der Waals surface area contributed by atoms with E-state index in [4.69, 9.17) is 9.47 Å². The molecule has 40 heavy (non-hydrogen) atoms. The maximum absolute atomic E-state index is 11.6. The quantitative estimate of drug-likeness (QED) is 0.0784. The van der Waals surface area contributed by atoms with E-state index in [0.717, 1.165) is 31.4 Å². The lowest BCUT2D eigenvalue weighted by atomic mass is 9.97. The van der Waals surface area contributed by atoms with Gasteiger partial charge in [-0.25, -0.2) is 4.79 Å².